The van der Waals surface area contributed by atoms with E-state index < -0.39 is 0 Å². The SMILES string of the molecule is CC(NC(=O)Cc1nc(CCl)cs1)c1ccsc1. The summed E-state index contributed by atoms with van der Waals surface area (Å²) in [7, 11) is 0. The van der Waals surface area contributed by atoms with E-state index in [-0.39, 0.29) is 11.9 Å². The minimum atomic E-state index is -0.0100. The lowest BCUT2D eigenvalue weighted by atomic mass is 10.2. The van der Waals surface area contributed by atoms with Crippen LogP contribution in [0, 0.1) is 0 Å². The van der Waals surface area contributed by atoms with Gasteiger partial charge >= 0.3 is 0 Å². The third-order valence-electron chi connectivity index (χ3n) is 2.47. The first kappa shape index (κ1) is 13.5. The van der Waals surface area contributed by atoms with Gasteiger partial charge in [0, 0.05) is 5.38 Å². The van der Waals surface area contributed by atoms with Crippen molar-refractivity contribution in [1.29, 1.82) is 0 Å². The van der Waals surface area contributed by atoms with Crippen LogP contribution in [0.1, 0.15) is 29.2 Å². The Hall–Kier alpha value is -0.910. The van der Waals surface area contributed by atoms with E-state index in [2.05, 4.69) is 10.3 Å². The summed E-state index contributed by atoms with van der Waals surface area (Å²) in [5, 5.41) is 9.70. The molecule has 0 aromatic carbocycles. The molecule has 3 nitrogen and oxygen atoms in total. The predicted octanol–water partition coefficient (Wildman–Crippen LogP) is 3.36. The maximum atomic E-state index is 11.8. The van der Waals surface area contributed by atoms with Crippen LogP contribution in [0.5, 0.6) is 0 Å². The summed E-state index contributed by atoms with van der Waals surface area (Å²) < 4.78 is 0. The standard InChI is InChI=1S/C12H13ClN2OS2/c1-8(9-2-3-17-6-9)14-11(16)4-12-15-10(5-13)7-18-12/h2-3,6-8H,4-5H2,1H3,(H,14,16). The van der Waals surface area contributed by atoms with Crippen LogP contribution < -0.4 is 5.32 Å². The van der Waals surface area contributed by atoms with Crippen molar-refractivity contribution >= 4 is 40.2 Å². The highest BCUT2D eigenvalue weighted by atomic mass is 35.5. The molecule has 2 heterocycles. The van der Waals surface area contributed by atoms with Gasteiger partial charge in [0.25, 0.3) is 0 Å². The molecule has 0 aliphatic rings. The van der Waals surface area contributed by atoms with E-state index in [9.17, 15) is 4.79 Å². The lowest BCUT2D eigenvalue weighted by Gasteiger charge is -2.11. The lowest BCUT2D eigenvalue weighted by Crippen LogP contribution is -2.27. The molecular weight excluding hydrogens is 288 g/mol. The van der Waals surface area contributed by atoms with Gasteiger partial charge in [-0.1, -0.05) is 0 Å². The second kappa shape index (κ2) is 6.31. The monoisotopic (exact) mass is 300 g/mol. The molecule has 0 bridgehead atoms. The summed E-state index contributed by atoms with van der Waals surface area (Å²) in [5.41, 5.74) is 1.96. The zero-order valence-corrected chi connectivity index (χ0v) is 12.2. The van der Waals surface area contributed by atoms with Gasteiger partial charge in [-0.2, -0.15) is 11.3 Å². The fraction of sp³-hybridized carbons (Fsp3) is 0.333. The van der Waals surface area contributed by atoms with Gasteiger partial charge in [0.15, 0.2) is 0 Å². The zero-order valence-electron chi connectivity index (χ0n) is 9.85. The number of carbonyl (C=O) groups is 1. The molecule has 1 unspecified atom stereocenters. The molecule has 18 heavy (non-hydrogen) atoms. The van der Waals surface area contributed by atoms with Gasteiger partial charge in [0.2, 0.25) is 5.91 Å². The highest BCUT2D eigenvalue weighted by Gasteiger charge is 2.12. The van der Waals surface area contributed by atoms with Crippen LogP contribution in [0.15, 0.2) is 22.2 Å². The van der Waals surface area contributed by atoms with E-state index in [0.717, 1.165) is 16.3 Å². The lowest BCUT2D eigenvalue weighted by molar-refractivity contribution is -0.121. The summed E-state index contributed by atoms with van der Waals surface area (Å²) in [6.07, 6.45) is 0.316. The van der Waals surface area contributed by atoms with Crippen LogP contribution in [0.4, 0.5) is 0 Å². The summed E-state index contributed by atoms with van der Waals surface area (Å²) in [4.78, 5) is 16.1. The van der Waals surface area contributed by atoms with Crippen molar-refractivity contribution in [1.82, 2.24) is 10.3 Å². The second-order valence-corrected chi connectivity index (χ2v) is 5.88. The number of hydrogen-bond acceptors (Lipinski definition) is 4. The number of aromatic nitrogens is 1. The second-order valence-electron chi connectivity index (χ2n) is 3.89. The molecule has 1 atom stereocenters. The fourth-order valence-electron chi connectivity index (χ4n) is 1.53. The fourth-order valence-corrected chi connectivity index (χ4v) is 3.30. The van der Waals surface area contributed by atoms with Gasteiger partial charge in [0.1, 0.15) is 5.01 Å². The normalized spacial score (nSPS) is 12.3. The molecule has 0 spiro atoms. The predicted molar refractivity (Wildman–Crippen MR) is 76.3 cm³/mol. The average Bonchev–Trinajstić information content (AvgIpc) is 2.98. The van der Waals surface area contributed by atoms with E-state index in [1.165, 1.54) is 11.3 Å². The summed E-state index contributed by atoms with van der Waals surface area (Å²) in [5.74, 6) is 0.382. The Labute approximate surface area is 119 Å². The van der Waals surface area contributed by atoms with Gasteiger partial charge in [-0.25, -0.2) is 4.98 Å². The molecule has 0 saturated carbocycles. The van der Waals surface area contributed by atoms with E-state index in [0.29, 0.717) is 12.3 Å². The number of nitrogens with zero attached hydrogens (tertiary/aromatic N) is 1. The van der Waals surface area contributed by atoms with Gasteiger partial charge < -0.3 is 5.32 Å². The van der Waals surface area contributed by atoms with E-state index in [1.54, 1.807) is 11.3 Å². The molecule has 1 amide bonds. The first-order valence-electron chi connectivity index (χ1n) is 5.49. The molecule has 2 aromatic heterocycles. The third kappa shape index (κ3) is 3.54. The summed E-state index contributed by atoms with van der Waals surface area (Å²) in [6, 6.07) is 2.06. The Morgan fingerprint density at radius 1 is 1.56 bits per heavy atom. The van der Waals surface area contributed by atoms with Crippen molar-refractivity contribution in [2.45, 2.75) is 25.3 Å². The highest BCUT2D eigenvalue weighted by molar-refractivity contribution is 7.09. The molecule has 6 heteroatoms. The van der Waals surface area contributed by atoms with Crippen LogP contribution >= 0.6 is 34.3 Å². The van der Waals surface area contributed by atoms with Gasteiger partial charge in [-0.3, -0.25) is 4.79 Å². The Kier molecular flexibility index (Phi) is 4.74. The number of alkyl halides is 1. The van der Waals surface area contributed by atoms with E-state index >= 15 is 0 Å². The Morgan fingerprint density at radius 3 is 3.00 bits per heavy atom. The minimum Gasteiger partial charge on any atom is -0.349 e. The molecule has 96 valence electrons. The van der Waals surface area contributed by atoms with Crippen molar-refractivity contribution in [3.05, 3.63) is 38.5 Å². The summed E-state index contributed by atoms with van der Waals surface area (Å²) in [6.45, 7) is 1.98. The largest absolute Gasteiger partial charge is 0.349 e. The van der Waals surface area contributed by atoms with Gasteiger partial charge in [-0.15, -0.1) is 22.9 Å². The number of carbonyl (C=O) groups excluding carboxylic acids is 1. The van der Waals surface area contributed by atoms with Crippen molar-refractivity contribution in [3.8, 4) is 0 Å². The van der Waals surface area contributed by atoms with Crippen LogP contribution in [-0.4, -0.2) is 10.9 Å². The van der Waals surface area contributed by atoms with Crippen molar-refractivity contribution in [2.75, 3.05) is 0 Å². The number of hydrogen-bond donors (Lipinski definition) is 1. The maximum absolute atomic E-state index is 11.8. The van der Waals surface area contributed by atoms with Crippen molar-refractivity contribution < 1.29 is 4.79 Å². The quantitative estimate of drug-likeness (QED) is 0.860. The Morgan fingerprint density at radius 2 is 2.39 bits per heavy atom. The number of nitrogens with one attached hydrogen (secondary N) is 1. The van der Waals surface area contributed by atoms with Crippen molar-refractivity contribution in [3.63, 3.8) is 0 Å². The molecule has 0 aliphatic heterocycles. The van der Waals surface area contributed by atoms with Crippen LogP contribution in [-0.2, 0) is 17.1 Å². The number of thiazole rings is 1. The molecule has 0 radical (unpaired) electrons. The van der Waals surface area contributed by atoms with Crippen molar-refractivity contribution in [2.24, 2.45) is 0 Å². The molecule has 0 fully saturated rings. The smallest absolute Gasteiger partial charge is 0.227 e. The average molecular weight is 301 g/mol. The van der Waals surface area contributed by atoms with E-state index in [1.807, 2.05) is 29.1 Å². The van der Waals surface area contributed by atoms with Crippen LogP contribution in [0.2, 0.25) is 0 Å². The number of thiophene rings is 1. The van der Waals surface area contributed by atoms with Gasteiger partial charge in [-0.05, 0) is 29.3 Å². The summed E-state index contributed by atoms with van der Waals surface area (Å²) >= 11 is 8.78. The molecule has 2 rings (SSSR count). The Bertz CT molecular complexity index is 510. The molecular formula is C12H13ClN2OS2. The van der Waals surface area contributed by atoms with E-state index in [4.69, 9.17) is 11.6 Å². The highest BCUT2D eigenvalue weighted by Crippen LogP contribution is 2.16. The molecule has 0 aliphatic carbocycles. The third-order valence-corrected chi connectivity index (χ3v) is 4.34. The first-order valence-corrected chi connectivity index (χ1v) is 7.85. The Balaban J connectivity index is 1.88. The zero-order chi connectivity index (χ0) is 13.0. The van der Waals surface area contributed by atoms with Crippen LogP contribution in [0.25, 0.3) is 0 Å². The number of halogens is 1. The number of amides is 1. The molecule has 1 N–H and O–H groups in total. The maximum Gasteiger partial charge on any atom is 0.227 e. The topological polar surface area (TPSA) is 42.0 Å². The van der Waals surface area contributed by atoms with Gasteiger partial charge in [0.05, 0.1) is 24.0 Å². The van der Waals surface area contributed by atoms with Crippen LogP contribution in [0.3, 0.4) is 0 Å². The minimum absolute atomic E-state index is 0.0100. The number of rotatable bonds is 5. The molecule has 2 aromatic rings. The molecule has 0 saturated heterocycles. The first-order chi connectivity index (χ1) is 8.69.